The molecule has 0 amide bonds. The highest BCUT2D eigenvalue weighted by molar-refractivity contribution is 7.80. The van der Waals surface area contributed by atoms with E-state index in [1.807, 2.05) is 0 Å². The first kappa shape index (κ1) is 11.9. The second kappa shape index (κ2) is 7.15. The molecule has 0 aromatic heterocycles. The minimum absolute atomic E-state index is 0.606. The first-order valence-corrected chi connectivity index (χ1v) is 5.63. The molecular formula is C10H19NO2S. The van der Waals surface area contributed by atoms with Gasteiger partial charge in [0.15, 0.2) is 0 Å². The van der Waals surface area contributed by atoms with E-state index >= 15 is 0 Å². The van der Waals surface area contributed by atoms with Crippen molar-refractivity contribution in [2.45, 2.75) is 25.7 Å². The van der Waals surface area contributed by atoms with Crippen molar-refractivity contribution in [3.63, 3.8) is 0 Å². The summed E-state index contributed by atoms with van der Waals surface area (Å²) in [5, 5.41) is 0. The Balaban J connectivity index is 1.82. The Hall–Kier alpha value is -0.190. The monoisotopic (exact) mass is 217 g/mol. The maximum atomic E-state index is 5.54. The highest BCUT2D eigenvalue weighted by Gasteiger charge is 2.14. The Kier molecular flexibility index (Phi) is 6.07. The molecule has 82 valence electrons. The van der Waals surface area contributed by atoms with Crippen LogP contribution < -0.4 is 5.73 Å². The zero-order chi connectivity index (χ0) is 10.2. The van der Waals surface area contributed by atoms with Gasteiger partial charge in [0.05, 0.1) is 18.2 Å². The van der Waals surface area contributed by atoms with E-state index in [0.717, 1.165) is 52.1 Å². The molecule has 1 saturated heterocycles. The molecule has 1 heterocycles. The number of hydrogen-bond acceptors (Lipinski definition) is 3. The van der Waals surface area contributed by atoms with E-state index in [4.69, 9.17) is 27.4 Å². The molecule has 1 fully saturated rings. The van der Waals surface area contributed by atoms with Crippen LogP contribution in [0.4, 0.5) is 0 Å². The maximum Gasteiger partial charge on any atom is 0.0727 e. The third-order valence-corrected chi connectivity index (χ3v) is 2.54. The maximum absolute atomic E-state index is 5.54. The van der Waals surface area contributed by atoms with Crippen LogP contribution in [0.3, 0.4) is 0 Å². The summed E-state index contributed by atoms with van der Waals surface area (Å²) in [6.07, 6.45) is 4.07. The Morgan fingerprint density at radius 1 is 1.50 bits per heavy atom. The van der Waals surface area contributed by atoms with Gasteiger partial charge in [0.25, 0.3) is 0 Å². The molecule has 1 rings (SSSR count). The molecule has 14 heavy (non-hydrogen) atoms. The van der Waals surface area contributed by atoms with Gasteiger partial charge in [0.1, 0.15) is 0 Å². The fraction of sp³-hybridized carbons (Fsp3) is 0.900. The van der Waals surface area contributed by atoms with E-state index in [2.05, 4.69) is 0 Å². The van der Waals surface area contributed by atoms with E-state index in [-0.39, 0.29) is 0 Å². The zero-order valence-corrected chi connectivity index (χ0v) is 9.35. The van der Waals surface area contributed by atoms with Crippen LogP contribution in [0, 0.1) is 5.92 Å². The van der Waals surface area contributed by atoms with Crippen LogP contribution >= 0.6 is 12.2 Å². The average molecular weight is 217 g/mol. The lowest BCUT2D eigenvalue weighted by molar-refractivity contribution is 0.0877. The van der Waals surface area contributed by atoms with Gasteiger partial charge in [-0.05, 0) is 25.7 Å². The lowest BCUT2D eigenvalue weighted by Crippen LogP contribution is -2.11. The quantitative estimate of drug-likeness (QED) is 0.518. The Labute approximate surface area is 90.9 Å². The minimum Gasteiger partial charge on any atom is -0.393 e. The summed E-state index contributed by atoms with van der Waals surface area (Å²) in [5.74, 6) is 0.616. The molecule has 0 aliphatic carbocycles. The summed E-state index contributed by atoms with van der Waals surface area (Å²) in [6, 6.07) is 0. The van der Waals surface area contributed by atoms with Crippen molar-refractivity contribution in [3.8, 4) is 0 Å². The van der Waals surface area contributed by atoms with Gasteiger partial charge in [-0.15, -0.1) is 0 Å². The molecule has 0 saturated carbocycles. The average Bonchev–Trinajstić information content (AvgIpc) is 2.63. The van der Waals surface area contributed by atoms with Crippen molar-refractivity contribution < 1.29 is 9.47 Å². The van der Waals surface area contributed by atoms with Gasteiger partial charge < -0.3 is 15.2 Å². The highest BCUT2D eigenvalue weighted by atomic mass is 32.1. The molecule has 0 radical (unpaired) electrons. The van der Waals surface area contributed by atoms with E-state index in [9.17, 15) is 0 Å². The Morgan fingerprint density at radius 3 is 3.00 bits per heavy atom. The van der Waals surface area contributed by atoms with E-state index in [1.165, 1.54) is 0 Å². The smallest absolute Gasteiger partial charge is 0.0727 e. The van der Waals surface area contributed by atoms with Crippen LogP contribution in [0.2, 0.25) is 0 Å². The van der Waals surface area contributed by atoms with Crippen molar-refractivity contribution in [3.05, 3.63) is 0 Å². The molecular weight excluding hydrogens is 198 g/mol. The summed E-state index contributed by atoms with van der Waals surface area (Å²) >= 11 is 4.78. The van der Waals surface area contributed by atoms with E-state index < -0.39 is 0 Å². The number of thiocarbonyl (C=S) groups is 1. The van der Waals surface area contributed by atoms with Crippen LogP contribution in [-0.2, 0) is 9.47 Å². The Morgan fingerprint density at radius 2 is 2.36 bits per heavy atom. The molecule has 0 spiro atoms. The van der Waals surface area contributed by atoms with Crippen LogP contribution in [0.15, 0.2) is 0 Å². The second-order valence-electron chi connectivity index (χ2n) is 3.73. The molecule has 1 unspecified atom stereocenters. The molecule has 1 aliphatic heterocycles. The molecule has 0 aromatic carbocycles. The van der Waals surface area contributed by atoms with Crippen LogP contribution in [0.5, 0.6) is 0 Å². The van der Waals surface area contributed by atoms with E-state index in [1.54, 1.807) is 0 Å². The zero-order valence-electron chi connectivity index (χ0n) is 8.54. The summed E-state index contributed by atoms with van der Waals surface area (Å²) < 4.78 is 10.8. The second-order valence-corrected chi connectivity index (χ2v) is 4.25. The Bertz CT molecular complexity index is 170. The first-order chi connectivity index (χ1) is 6.79. The lowest BCUT2D eigenvalue weighted by atomic mass is 10.1. The van der Waals surface area contributed by atoms with Gasteiger partial charge in [-0.2, -0.15) is 0 Å². The van der Waals surface area contributed by atoms with Crippen molar-refractivity contribution in [2.24, 2.45) is 11.7 Å². The summed E-state index contributed by atoms with van der Waals surface area (Å²) in [5.41, 5.74) is 5.38. The molecule has 2 N–H and O–H groups in total. The minimum atomic E-state index is 0.606. The van der Waals surface area contributed by atoms with Crippen molar-refractivity contribution in [1.29, 1.82) is 0 Å². The largest absolute Gasteiger partial charge is 0.393 e. The summed E-state index contributed by atoms with van der Waals surface area (Å²) in [6.45, 7) is 3.43. The predicted octanol–water partition coefficient (Wildman–Crippen LogP) is 1.50. The molecule has 1 aliphatic rings. The molecule has 1 atom stereocenters. The van der Waals surface area contributed by atoms with Crippen molar-refractivity contribution in [1.82, 2.24) is 0 Å². The molecule has 3 nitrogen and oxygen atoms in total. The van der Waals surface area contributed by atoms with Crippen molar-refractivity contribution >= 4 is 17.2 Å². The third-order valence-electron chi connectivity index (χ3n) is 2.34. The number of ether oxygens (including phenoxy) is 2. The van der Waals surface area contributed by atoms with Gasteiger partial charge in [0.2, 0.25) is 0 Å². The van der Waals surface area contributed by atoms with Crippen LogP contribution in [0.1, 0.15) is 25.7 Å². The van der Waals surface area contributed by atoms with Gasteiger partial charge in [-0.25, -0.2) is 0 Å². The van der Waals surface area contributed by atoms with E-state index in [0.29, 0.717) is 10.9 Å². The standard InChI is InChI=1S/C10H19NO2S/c11-10(14)3-1-2-5-12-7-9-4-6-13-8-9/h9H,1-8H2,(H2,11,14). The fourth-order valence-electron chi connectivity index (χ4n) is 1.47. The summed E-state index contributed by atoms with van der Waals surface area (Å²) in [4.78, 5) is 0.606. The lowest BCUT2D eigenvalue weighted by Gasteiger charge is -2.08. The van der Waals surface area contributed by atoms with Crippen LogP contribution in [-0.4, -0.2) is 31.4 Å². The fourth-order valence-corrected chi connectivity index (χ4v) is 1.61. The number of rotatable bonds is 7. The molecule has 0 bridgehead atoms. The SMILES string of the molecule is NC(=S)CCCCOCC1CCOC1. The van der Waals surface area contributed by atoms with Crippen LogP contribution in [0.25, 0.3) is 0 Å². The normalized spacial score (nSPS) is 21.3. The first-order valence-electron chi connectivity index (χ1n) is 5.23. The van der Waals surface area contributed by atoms with Gasteiger partial charge in [-0.1, -0.05) is 12.2 Å². The van der Waals surface area contributed by atoms with Gasteiger partial charge >= 0.3 is 0 Å². The summed E-state index contributed by atoms with van der Waals surface area (Å²) in [7, 11) is 0. The van der Waals surface area contributed by atoms with Gasteiger partial charge in [-0.3, -0.25) is 0 Å². The third kappa shape index (κ3) is 5.52. The topological polar surface area (TPSA) is 44.5 Å². The highest BCUT2D eigenvalue weighted by Crippen LogP contribution is 2.12. The molecule has 4 heteroatoms. The predicted molar refractivity (Wildman–Crippen MR) is 60.4 cm³/mol. The van der Waals surface area contributed by atoms with Crippen molar-refractivity contribution in [2.75, 3.05) is 26.4 Å². The molecule has 0 aromatic rings. The number of unbranched alkanes of at least 4 members (excludes halogenated alkanes) is 1. The van der Waals surface area contributed by atoms with Gasteiger partial charge in [0, 0.05) is 19.1 Å². The number of nitrogens with two attached hydrogens (primary N) is 1. The number of hydrogen-bond donors (Lipinski definition) is 1.